The Balaban J connectivity index is 2.09. The number of hydrogen-bond acceptors (Lipinski definition) is 2. The highest BCUT2D eigenvalue weighted by molar-refractivity contribution is 6.34. The van der Waals surface area contributed by atoms with Crippen LogP contribution in [0.25, 0.3) is 0 Å². The van der Waals surface area contributed by atoms with Gasteiger partial charge in [0.05, 0.1) is 5.92 Å². The molecule has 1 fully saturated rings. The fraction of sp³-hybridized carbons (Fsp3) is 0.500. The average Bonchev–Trinajstić information content (AvgIpc) is 2.46. The van der Waals surface area contributed by atoms with E-state index in [0.29, 0.717) is 5.92 Å². The summed E-state index contributed by atoms with van der Waals surface area (Å²) in [6.07, 6.45) is 6.39. The van der Waals surface area contributed by atoms with Gasteiger partial charge in [0.25, 0.3) is 0 Å². The molecule has 102 valence electrons. The van der Waals surface area contributed by atoms with E-state index in [1.165, 1.54) is 37.7 Å². The Kier molecular flexibility index (Phi) is 4.35. The van der Waals surface area contributed by atoms with Gasteiger partial charge in [0, 0.05) is 0 Å². The molecule has 1 aromatic carbocycles. The molecule has 1 aromatic rings. The van der Waals surface area contributed by atoms with Crippen molar-refractivity contribution in [3.63, 3.8) is 0 Å². The maximum atomic E-state index is 11.4. The Bertz CT molecular complexity index is 455. The summed E-state index contributed by atoms with van der Waals surface area (Å²) in [5, 5.41) is 8.72. The first-order chi connectivity index (χ1) is 9.09. The highest BCUT2D eigenvalue weighted by Crippen LogP contribution is 2.33. The molecule has 1 unspecified atom stereocenters. The van der Waals surface area contributed by atoms with Gasteiger partial charge < -0.3 is 5.11 Å². The largest absolute Gasteiger partial charge is 0.475 e. The van der Waals surface area contributed by atoms with E-state index >= 15 is 0 Å². The molecule has 2 rings (SSSR count). The number of carbonyl (C=O) groups is 2. The van der Waals surface area contributed by atoms with Crippen LogP contribution in [0.3, 0.4) is 0 Å². The molecule has 0 aliphatic heterocycles. The van der Waals surface area contributed by atoms with Gasteiger partial charge in [-0.2, -0.15) is 0 Å². The summed E-state index contributed by atoms with van der Waals surface area (Å²) >= 11 is 0. The van der Waals surface area contributed by atoms with Crippen molar-refractivity contribution < 1.29 is 14.7 Å². The summed E-state index contributed by atoms with van der Waals surface area (Å²) in [5.74, 6) is -2.04. The normalized spacial score (nSPS) is 17.9. The Morgan fingerprint density at radius 1 is 1.11 bits per heavy atom. The molecule has 0 amide bonds. The van der Waals surface area contributed by atoms with Gasteiger partial charge >= 0.3 is 5.97 Å². The molecule has 0 heterocycles. The number of benzene rings is 1. The summed E-state index contributed by atoms with van der Waals surface area (Å²) in [7, 11) is 0. The zero-order valence-electron chi connectivity index (χ0n) is 11.3. The van der Waals surface area contributed by atoms with Crippen LogP contribution in [0.2, 0.25) is 0 Å². The zero-order chi connectivity index (χ0) is 13.8. The molecule has 0 radical (unpaired) electrons. The molecule has 3 heteroatoms. The smallest absolute Gasteiger partial charge is 0.372 e. The van der Waals surface area contributed by atoms with Crippen molar-refractivity contribution >= 4 is 11.8 Å². The van der Waals surface area contributed by atoms with E-state index < -0.39 is 17.7 Å². The van der Waals surface area contributed by atoms with Crippen molar-refractivity contribution in [2.45, 2.75) is 50.9 Å². The fourth-order valence-corrected chi connectivity index (χ4v) is 2.83. The lowest BCUT2D eigenvalue weighted by molar-refractivity contribution is -0.149. The quantitative estimate of drug-likeness (QED) is 0.843. The second kappa shape index (κ2) is 6.00. The lowest BCUT2D eigenvalue weighted by Gasteiger charge is -2.22. The van der Waals surface area contributed by atoms with E-state index in [2.05, 4.69) is 12.1 Å². The number of aliphatic carboxylic acids is 1. The number of carboxylic acid groups (broad SMARTS) is 1. The molecular weight excluding hydrogens is 240 g/mol. The van der Waals surface area contributed by atoms with Crippen LogP contribution in [-0.2, 0) is 9.59 Å². The lowest BCUT2D eigenvalue weighted by Crippen LogP contribution is -2.19. The monoisotopic (exact) mass is 260 g/mol. The minimum atomic E-state index is -1.36. The first kappa shape index (κ1) is 13.8. The van der Waals surface area contributed by atoms with E-state index in [4.69, 9.17) is 5.11 Å². The standard InChI is InChI=1S/C16H20O3/c1-11(15(17)16(18)19)12-7-9-14(10-8-12)13-5-3-2-4-6-13/h7-11,13H,2-6H2,1H3,(H,18,19). The van der Waals surface area contributed by atoms with Gasteiger partial charge in [-0.25, -0.2) is 4.79 Å². The third-order valence-corrected chi connectivity index (χ3v) is 4.12. The van der Waals surface area contributed by atoms with Crippen molar-refractivity contribution in [2.24, 2.45) is 0 Å². The summed E-state index contributed by atoms with van der Waals surface area (Å²) in [6.45, 7) is 1.64. The van der Waals surface area contributed by atoms with Crippen LogP contribution in [0, 0.1) is 0 Å². The third-order valence-electron chi connectivity index (χ3n) is 4.12. The molecule has 1 N–H and O–H groups in total. The highest BCUT2D eigenvalue weighted by Gasteiger charge is 2.22. The predicted molar refractivity (Wildman–Crippen MR) is 73.3 cm³/mol. The number of Topliss-reactive ketones (excluding diaryl/α,β-unsaturated/α-hetero) is 1. The Labute approximate surface area is 113 Å². The second-order valence-electron chi connectivity index (χ2n) is 5.39. The summed E-state index contributed by atoms with van der Waals surface area (Å²) in [6, 6.07) is 7.90. The van der Waals surface area contributed by atoms with Gasteiger partial charge in [-0.1, -0.05) is 50.5 Å². The van der Waals surface area contributed by atoms with Crippen LogP contribution in [0.5, 0.6) is 0 Å². The number of rotatable bonds is 4. The van der Waals surface area contributed by atoms with E-state index in [1.807, 2.05) is 12.1 Å². The van der Waals surface area contributed by atoms with Gasteiger partial charge in [0.15, 0.2) is 0 Å². The summed E-state index contributed by atoms with van der Waals surface area (Å²) in [5.41, 5.74) is 2.10. The van der Waals surface area contributed by atoms with E-state index in [1.54, 1.807) is 6.92 Å². The zero-order valence-corrected chi connectivity index (χ0v) is 11.3. The molecule has 19 heavy (non-hydrogen) atoms. The molecule has 0 saturated heterocycles. The Hall–Kier alpha value is -1.64. The minimum absolute atomic E-state index is 0.571. The molecule has 3 nitrogen and oxygen atoms in total. The molecule has 1 aliphatic rings. The van der Waals surface area contributed by atoms with Crippen molar-refractivity contribution in [1.82, 2.24) is 0 Å². The SMILES string of the molecule is CC(C(=O)C(=O)O)c1ccc(C2CCCCC2)cc1. The first-order valence-electron chi connectivity index (χ1n) is 6.96. The Morgan fingerprint density at radius 3 is 2.21 bits per heavy atom. The van der Waals surface area contributed by atoms with E-state index in [9.17, 15) is 9.59 Å². The van der Waals surface area contributed by atoms with E-state index in [0.717, 1.165) is 5.56 Å². The predicted octanol–water partition coefficient (Wildman–Crippen LogP) is 3.49. The molecule has 1 saturated carbocycles. The molecule has 0 bridgehead atoms. The van der Waals surface area contributed by atoms with Crippen LogP contribution < -0.4 is 0 Å². The molecule has 1 aliphatic carbocycles. The average molecular weight is 260 g/mol. The number of hydrogen-bond donors (Lipinski definition) is 1. The molecule has 1 atom stereocenters. The summed E-state index contributed by atoms with van der Waals surface area (Å²) in [4.78, 5) is 22.1. The van der Waals surface area contributed by atoms with Gasteiger partial charge in [0.2, 0.25) is 5.78 Å². The van der Waals surface area contributed by atoms with Gasteiger partial charge in [-0.15, -0.1) is 0 Å². The number of ketones is 1. The van der Waals surface area contributed by atoms with Crippen molar-refractivity contribution in [3.05, 3.63) is 35.4 Å². The maximum absolute atomic E-state index is 11.4. The Morgan fingerprint density at radius 2 is 1.68 bits per heavy atom. The van der Waals surface area contributed by atoms with Gasteiger partial charge in [0.1, 0.15) is 0 Å². The second-order valence-corrected chi connectivity index (χ2v) is 5.39. The fourth-order valence-electron chi connectivity index (χ4n) is 2.83. The minimum Gasteiger partial charge on any atom is -0.475 e. The van der Waals surface area contributed by atoms with Crippen molar-refractivity contribution in [2.75, 3.05) is 0 Å². The molecular formula is C16H20O3. The van der Waals surface area contributed by atoms with Crippen molar-refractivity contribution in [1.29, 1.82) is 0 Å². The van der Waals surface area contributed by atoms with Gasteiger partial charge in [-0.05, 0) is 29.9 Å². The van der Waals surface area contributed by atoms with Crippen LogP contribution in [-0.4, -0.2) is 16.9 Å². The molecule has 0 spiro atoms. The highest BCUT2D eigenvalue weighted by atomic mass is 16.4. The summed E-state index contributed by atoms with van der Waals surface area (Å²) < 4.78 is 0. The van der Waals surface area contributed by atoms with Crippen LogP contribution in [0.1, 0.15) is 62.0 Å². The third kappa shape index (κ3) is 3.22. The topological polar surface area (TPSA) is 54.4 Å². The number of carbonyl (C=O) groups excluding carboxylic acids is 1. The lowest BCUT2D eigenvalue weighted by atomic mass is 9.83. The van der Waals surface area contributed by atoms with Gasteiger partial charge in [-0.3, -0.25) is 4.79 Å². The van der Waals surface area contributed by atoms with Crippen molar-refractivity contribution in [3.8, 4) is 0 Å². The number of carboxylic acids is 1. The van der Waals surface area contributed by atoms with Crippen LogP contribution >= 0.6 is 0 Å². The first-order valence-corrected chi connectivity index (χ1v) is 6.96. The van der Waals surface area contributed by atoms with Crippen LogP contribution in [0.15, 0.2) is 24.3 Å². The maximum Gasteiger partial charge on any atom is 0.372 e. The van der Waals surface area contributed by atoms with Crippen LogP contribution in [0.4, 0.5) is 0 Å². The van der Waals surface area contributed by atoms with E-state index in [-0.39, 0.29) is 0 Å². The molecule has 0 aromatic heterocycles.